The first-order valence-electron chi connectivity index (χ1n) is 4.38. The van der Waals surface area contributed by atoms with E-state index in [-0.39, 0.29) is 10.9 Å². The number of hydrogen-bond donors (Lipinski definition) is 3. The van der Waals surface area contributed by atoms with Gasteiger partial charge in [0.2, 0.25) is 0 Å². The van der Waals surface area contributed by atoms with Gasteiger partial charge in [0, 0.05) is 11.6 Å². The summed E-state index contributed by atoms with van der Waals surface area (Å²) in [6.07, 6.45) is -0.822. The number of fused-ring (bicyclic) bond motifs is 1. The third kappa shape index (κ3) is 1.43. The first kappa shape index (κ1) is 10.6. The Labute approximate surface area is 88.1 Å². The third-order valence-electron chi connectivity index (χ3n) is 2.28. The van der Waals surface area contributed by atoms with E-state index < -0.39 is 29.3 Å². The molecule has 0 aliphatic carbocycles. The summed E-state index contributed by atoms with van der Waals surface area (Å²) < 4.78 is 27.1. The third-order valence-corrected chi connectivity index (χ3v) is 2.28. The molecule has 0 bridgehead atoms. The van der Waals surface area contributed by atoms with Crippen molar-refractivity contribution < 1.29 is 23.8 Å². The summed E-state index contributed by atoms with van der Waals surface area (Å²) in [5.74, 6) is -3.88. The molecule has 1 aromatic heterocycles. The van der Waals surface area contributed by atoms with Crippen LogP contribution in [0.15, 0.2) is 18.3 Å². The van der Waals surface area contributed by atoms with Gasteiger partial charge < -0.3 is 15.2 Å². The quantitative estimate of drug-likeness (QED) is 0.728. The molecule has 0 aliphatic heterocycles. The molecular formula is C10H7F2NO3. The normalized spacial score (nSPS) is 12.9. The van der Waals surface area contributed by atoms with Crippen molar-refractivity contribution in [1.29, 1.82) is 0 Å². The molecule has 16 heavy (non-hydrogen) atoms. The summed E-state index contributed by atoms with van der Waals surface area (Å²) >= 11 is 0. The second-order valence-electron chi connectivity index (χ2n) is 3.27. The molecule has 1 unspecified atom stereocenters. The van der Waals surface area contributed by atoms with E-state index in [1.54, 1.807) is 0 Å². The first-order valence-corrected chi connectivity index (χ1v) is 4.38. The SMILES string of the molecule is O=C(O)C(O)c1c(F)cc2cc[nH]c2c1F. The number of rotatable bonds is 2. The van der Waals surface area contributed by atoms with Gasteiger partial charge in [-0.15, -0.1) is 0 Å². The fourth-order valence-corrected chi connectivity index (χ4v) is 1.52. The summed E-state index contributed by atoms with van der Waals surface area (Å²) in [6, 6.07) is 2.41. The number of aliphatic hydroxyl groups is 1. The van der Waals surface area contributed by atoms with Gasteiger partial charge in [-0.2, -0.15) is 0 Å². The van der Waals surface area contributed by atoms with Gasteiger partial charge >= 0.3 is 5.97 Å². The number of nitrogens with one attached hydrogen (secondary N) is 1. The van der Waals surface area contributed by atoms with E-state index in [0.717, 1.165) is 6.07 Å². The fourth-order valence-electron chi connectivity index (χ4n) is 1.52. The van der Waals surface area contributed by atoms with Gasteiger partial charge in [-0.05, 0) is 12.1 Å². The van der Waals surface area contributed by atoms with Gasteiger partial charge in [-0.1, -0.05) is 0 Å². The van der Waals surface area contributed by atoms with Crippen LogP contribution in [0.5, 0.6) is 0 Å². The van der Waals surface area contributed by atoms with Crippen molar-refractivity contribution in [3.63, 3.8) is 0 Å². The minimum atomic E-state index is -2.22. The molecule has 4 nitrogen and oxygen atoms in total. The van der Waals surface area contributed by atoms with Crippen molar-refractivity contribution >= 4 is 16.9 Å². The van der Waals surface area contributed by atoms with E-state index in [9.17, 15) is 13.6 Å². The van der Waals surface area contributed by atoms with Gasteiger partial charge in [0.1, 0.15) is 5.82 Å². The van der Waals surface area contributed by atoms with Crippen molar-refractivity contribution in [3.8, 4) is 0 Å². The fraction of sp³-hybridized carbons (Fsp3) is 0.100. The van der Waals surface area contributed by atoms with Gasteiger partial charge in [0.15, 0.2) is 11.9 Å². The summed E-state index contributed by atoms with van der Waals surface area (Å²) in [5.41, 5.74) is -0.890. The monoisotopic (exact) mass is 227 g/mol. The number of benzene rings is 1. The highest BCUT2D eigenvalue weighted by Crippen LogP contribution is 2.27. The van der Waals surface area contributed by atoms with Crippen LogP contribution in [-0.2, 0) is 4.79 Å². The molecular weight excluding hydrogens is 220 g/mol. The Balaban J connectivity index is 2.73. The molecule has 1 heterocycles. The molecule has 1 aromatic carbocycles. The van der Waals surface area contributed by atoms with E-state index >= 15 is 0 Å². The van der Waals surface area contributed by atoms with Crippen molar-refractivity contribution in [2.45, 2.75) is 6.10 Å². The molecule has 3 N–H and O–H groups in total. The van der Waals surface area contributed by atoms with Crippen LogP contribution in [-0.4, -0.2) is 21.2 Å². The molecule has 0 aliphatic rings. The van der Waals surface area contributed by atoms with Crippen LogP contribution < -0.4 is 0 Å². The molecule has 6 heteroatoms. The smallest absolute Gasteiger partial charge is 0.337 e. The Kier molecular flexibility index (Phi) is 2.35. The van der Waals surface area contributed by atoms with Gasteiger partial charge in [0.25, 0.3) is 0 Å². The van der Waals surface area contributed by atoms with Gasteiger partial charge in [-0.25, -0.2) is 13.6 Å². The van der Waals surface area contributed by atoms with Crippen LogP contribution in [0.25, 0.3) is 10.9 Å². The standard InChI is InChI=1S/C10H7F2NO3/c11-5-3-4-1-2-13-8(4)7(12)6(5)9(14)10(15)16/h1-3,9,13-14H,(H,15,16). The zero-order valence-corrected chi connectivity index (χ0v) is 7.87. The number of carbonyl (C=O) groups is 1. The maximum Gasteiger partial charge on any atom is 0.337 e. The molecule has 0 radical (unpaired) electrons. The maximum atomic E-state index is 13.7. The zero-order chi connectivity index (χ0) is 11.9. The second kappa shape index (κ2) is 3.57. The number of aromatic nitrogens is 1. The van der Waals surface area contributed by atoms with Crippen molar-refractivity contribution in [2.24, 2.45) is 0 Å². The Morgan fingerprint density at radius 3 is 2.75 bits per heavy atom. The van der Waals surface area contributed by atoms with Crippen LogP contribution in [0, 0.1) is 11.6 Å². The first-order chi connectivity index (χ1) is 7.52. The number of aromatic amines is 1. The number of H-pyrrole nitrogens is 1. The van der Waals surface area contributed by atoms with Gasteiger partial charge in [-0.3, -0.25) is 0 Å². The molecule has 2 aromatic rings. The molecule has 0 fully saturated rings. The van der Waals surface area contributed by atoms with Crippen molar-refractivity contribution in [2.75, 3.05) is 0 Å². The molecule has 0 amide bonds. The number of carboxylic acid groups (broad SMARTS) is 1. The zero-order valence-electron chi connectivity index (χ0n) is 7.87. The van der Waals surface area contributed by atoms with Crippen LogP contribution in [0.4, 0.5) is 8.78 Å². The van der Waals surface area contributed by atoms with E-state index in [2.05, 4.69) is 4.98 Å². The van der Waals surface area contributed by atoms with Crippen LogP contribution in [0.3, 0.4) is 0 Å². The lowest BCUT2D eigenvalue weighted by Gasteiger charge is -2.09. The van der Waals surface area contributed by atoms with Crippen LogP contribution in [0.1, 0.15) is 11.7 Å². The minimum Gasteiger partial charge on any atom is -0.479 e. The Morgan fingerprint density at radius 1 is 1.44 bits per heavy atom. The van der Waals surface area contributed by atoms with E-state index in [1.807, 2.05) is 0 Å². The second-order valence-corrected chi connectivity index (χ2v) is 3.27. The number of hydrogen-bond acceptors (Lipinski definition) is 2. The average Bonchev–Trinajstić information content (AvgIpc) is 2.65. The molecule has 2 rings (SSSR count). The lowest BCUT2D eigenvalue weighted by Crippen LogP contribution is -2.14. The molecule has 0 saturated heterocycles. The predicted molar refractivity (Wildman–Crippen MR) is 50.8 cm³/mol. The predicted octanol–water partition coefficient (Wildman–Crippen LogP) is 1.56. The lowest BCUT2D eigenvalue weighted by molar-refractivity contribution is -0.147. The largest absolute Gasteiger partial charge is 0.479 e. The Morgan fingerprint density at radius 2 is 2.12 bits per heavy atom. The summed E-state index contributed by atoms with van der Waals surface area (Å²) in [5, 5.41) is 18.0. The number of carboxylic acids is 1. The number of halogens is 2. The number of aliphatic hydroxyl groups excluding tert-OH is 1. The summed E-state index contributed by atoms with van der Waals surface area (Å²) in [6.45, 7) is 0. The van der Waals surface area contributed by atoms with Crippen LogP contribution in [0.2, 0.25) is 0 Å². The van der Waals surface area contributed by atoms with E-state index in [0.29, 0.717) is 0 Å². The summed E-state index contributed by atoms with van der Waals surface area (Å²) in [4.78, 5) is 13.0. The molecule has 0 saturated carbocycles. The number of aliphatic carboxylic acids is 1. The van der Waals surface area contributed by atoms with Crippen molar-refractivity contribution in [3.05, 3.63) is 35.5 Å². The van der Waals surface area contributed by atoms with Gasteiger partial charge in [0.05, 0.1) is 11.1 Å². The molecule has 0 spiro atoms. The minimum absolute atomic E-state index is 0.0308. The summed E-state index contributed by atoms with van der Waals surface area (Å²) in [7, 11) is 0. The Bertz CT molecular complexity index is 564. The highest BCUT2D eigenvalue weighted by molar-refractivity contribution is 5.83. The highest BCUT2D eigenvalue weighted by Gasteiger charge is 2.26. The van der Waals surface area contributed by atoms with E-state index in [1.165, 1.54) is 12.3 Å². The topological polar surface area (TPSA) is 73.3 Å². The maximum absolute atomic E-state index is 13.7. The van der Waals surface area contributed by atoms with Crippen LogP contribution >= 0.6 is 0 Å². The van der Waals surface area contributed by atoms with Crippen molar-refractivity contribution in [1.82, 2.24) is 4.98 Å². The average molecular weight is 227 g/mol. The highest BCUT2D eigenvalue weighted by atomic mass is 19.1. The Hall–Kier alpha value is -1.95. The lowest BCUT2D eigenvalue weighted by atomic mass is 10.1. The molecule has 1 atom stereocenters. The van der Waals surface area contributed by atoms with E-state index in [4.69, 9.17) is 10.2 Å². The molecule has 84 valence electrons.